The second-order valence-electron chi connectivity index (χ2n) is 10.4. The second-order valence-corrected chi connectivity index (χ2v) is 12.0. The SMILES string of the molecule is C=CCN(C)C(=O)[C@@H]1[C@H]2C(=O)N([C@H](C)CO)C(C(=O)N(CC=C)C3CCCCC3)C23CC[C@H]1S3. The minimum Gasteiger partial charge on any atom is -0.394 e. The Morgan fingerprint density at radius 2 is 1.85 bits per heavy atom. The zero-order valence-corrected chi connectivity index (χ0v) is 21.3. The molecule has 3 aliphatic heterocycles. The third-order valence-electron chi connectivity index (χ3n) is 8.40. The fourth-order valence-corrected chi connectivity index (χ4v) is 9.05. The predicted octanol–water partition coefficient (Wildman–Crippen LogP) is 2.45. The fourth-order valence-electron chi connectivity index (χ4n) is 6.86. The van der Waals surface area contributed by atoms with Crippen LogP contribution in [0.25, 0.3) is 0 Å². The van der Waals surface area contributed by atoms with E-state index in [1.165, 1.54) is 6.42 Å². The highest BCUT2D eigenvalue weighted by Crippen LogP contribution is 2.67. The third kappa shape index (κ3) is 3.91. The van der Waals surface area contributed by atoms with E-state index in [1.807, 2.05) is 4.90 Å². The number of nitrogens with zero attached hydrogens (tertiary/aromatic N) is 3. The molecule has 7 nitrogen and oxygen atoms in total. The van der Waals surface area contributed by atoms with Gasteiger partial charge in [0.1, 0.15) is 6.04 Å². The maximum absolute atomic E-state index is 14.3. The number of likely N-dealkylation sites (tertiary alicyclic amines) is 1. The molecule has 0 aromatic rings. The lowest BCUT2D eigenvalue weighted by Gasteiger charge is -2.42. The van der Waals surface area contributed by atoms with Gasteiger partial charge in [-0.2, -0.15) is 0 Å². The lowest BCUT2D eigenvalue weighted by atomic mass is 9.70. The Balaban J connectivity index is 1.73. The number of rotatable bonds is 9. The molecule has 8 heteroatoms. The van der Waals surface area contributed by atoms with E-state index in [2.05, 4.69) is 13.2 Å². The monoisotopic (exact) mass is 489 g/mol. The highest BCUT2D eigenvalue weighted by atomic mass is 32.2. The molecule has 4 aliphatic rings. The molecule has 0 aromatic heterocycles. The first-order chi connectivity index (χ1) is 16.3. The van der Waals surface area contributed by atoms with Gasteiger partial charge in [0, 0.05) is 31.4 Å². The predicted molar refractivity (Wildman–Crippen MR) is 134 cm³/mol. The number of aliphatic hydroxyl groups is 1. The summed E-state index contributed by atoms with van der Waals surface area (Å²) in [6, 6.07) is -0.998. The fraction of sp³-hybridized carbons (Fsp3) is 0.731. The average molecular weight is 490 g/mol. The first-order valence-electron chi connectivity index (χ1n) is 12.7. The molecule has 4 rings (SSSR count). The number of carbonyl (C=O) groups excluding carboxylic acids is 3. The summed E-state index contributed by atoms with van der Waals surface area (Å²) < 4.78 is -0.619. The van der Waals surface area contributed by atoms with Crippen molar-refractivity contribution in [2.75, 3.05) is 26.7 Å². The summed E-state index contributed by atoms with van der Waals surface area (Å²) in [4.78, 5) is 46.9. The molecule has 1 spiro atoms. The molecular weight excluding hydrogens is 450 g/mol. The van der Waals surface area contributed by atoms with Crippen LogP contribution >= 0.6 is 11.8 Å². The zero-order valence-electron chi connectivity index (χ0n) is 20.5. The minimum absolute atomic E-state index is 0.0383. The van der Waals surface area contributed by atoms with E-state index >= 15 is 0 Å². The minimum atomic E-state index is -0.661. The van der Waals surface area contributed by atoms with Crippen molar-refractivity contribution in [1.82, 2.24) is 14.7 Å². The summed E-state index contributed by atoms with van der Waals surface area (Å²) in [6.45, 7) is 10.1. The highest BCUT2D eigenvalue weighted by Gasteiger charge is 2.74. The van der Waals surface area contributed by atoms with Gasteiger partial charge >= 0.3 is 0 Å². The van der Waals surface area contributed by atoms with Crippen molar-refractivity contribution in [3.8, 4) is 0 Å². The van der Waals surface area contributed by atoms with Crippen LogP contribution in [0, 0.1) is 11.8 Å². The van der Waals surface area contributed by atoms with Crippen LogP contribution in [0.2, 0.25) is 0 Å². The molecule has 1 aliphatic carbocycles. The number of thioether (sulfide) groups is 1. The Labute approximate surface area is 207 Å². The van der Waals surface area contributed by atoms with E-state index in [0.29, 0.717) is 13.1 Å². The Kier molecular flexibility index (Phi) is 7.48. The summed E-state index contributed by atoms with van der Waals surface area (Å²) in [5, 5.41) is 10.1. The van der Waals surface area contributed by atoms with Gasteiger partial charge in [0.25, 0.3) is 0 Å². The molecule has 4 fully saturated rings. The number of hydrogen-bond acceptors (Lipinski definition) is 5. The molecule has 3 amide bonds. The maximum Gasteiger partial charge on any atom is 0.247 e. The van der Waals surface area contributed by atoms with Crippen LogP contribution < -0.4 is 0 Å². The quantitative estimate of drug-likeness (QED) is 0.503. The number of carbonyl (C=O) groups is 3. The molecule has 34 heavy (non-hydrogen) atoms. The van der Waals surface area contributed by atoms with Crippen molar-refractivity contribution in [3.63, 3.8) is 0 Å². The van der Waals surface area contributed by atoms with Crippen molar-refractivity contribution >= 4 is 29.5 Å². The van der Waals surface area contributed by atoms with Crippen molar-refractivity contribution < 1.29 is 19.5 Å². The molecule has 0 radical (unpaired) electrons. The molecule has 2 unspecified atom stereocenters. The first-order valence-corrected chi connectivity index (χ1v) is 13.6. The summed E-state index contributed by atoms with van der Waals surface area (Å²) in [6.07, 6.45) is 10.3. The van der Waals surface area contributed by atoms with Gasteiger partial charge in [-0.05, 0) is 32.6 Å². The summed E-state index contributed by atoms with van der Waals surface area (Å²) in [7, 11) is 1.75. The van der Waals surface area contributed by atoms with Gasteiger partial charge < -0.3 is 19.8 Å². The topological polar surface area (TPSA) is 81.2 Å². The van der Waals surface area contributed by atoms with Crippen LogP contribution in [0.4, 0.5) is 0 Å². The molecular formula is C26H39N3O4S. The van der Waals surface area contributed by atoms with Crippen molar-refractivity contribution in [3.05, 3.63) is 25.3 Å². The van der Waals surface area contributed by atoms with Crippen molar-refractivity contribution in [1.29, 1.82) is 0 Å². The van der Waals surface area contributed by atoms with Gasteiger partial charge in [-0.15, -0.1) is 24.9 Å². The van der Waals surface area contributed by atoms with Crippen LogP contribution in [0.15, 0.2) is 25.3 Å². The van der Waals surface area contributed by atoms with Gasteiger partial charge in [-0.25, -0.2) is 0 Å². The highest BCUT2D eigenvalue weighted by molar-refractivity contribution is 8.02. The van der Waals surface area contributed by atoms with Crippen molar-refractivity contribution in [2.45, 2.75) is 80.0 Å². The lowest BCUT2D eigenvalue weighted by Crippen LogP contribution is -2.59. The molecule has 3 heterocycles. The van der Waals surface area contributed by atoms with Crippen LogP contribution in [-0.2, 0) is 14.4 Å². The van der Waals surface area contributed by atoms with Crippen LogP contribution in [-0.4, -0.2) is 92.4 Å². The number of hydrogen-bond donors (Lipinski definition) is 1. The molecule has 188 valence electrons. The normalized spacial score (nSPS) is 33.5. The second kappa shape index (κ2) is 10.1. The Morgan fingerprint density at radius 1 is 1.18 bits per heavy atom. The summed E-state index contributed by atoms with van der Waals surface area (Å²) in [5.41, 5.74) is 0. The van der Waals surface area contributed by atoms with Crippen molar-refractivity contribution in [2.24, 2.45) is 11.8 Å². The zero-order chi connectivity index (χ0) is 24.6. The Morgan fingerprint density at radius 3 is 2.47 bits per heavy atom. The molecule has 1 saturated carbocycles. The van der Waals surface area contributed by atoms with Gasteiger partial charge in [-0.1, -0.05) is 31.4 Å². The third-order valence-corrected chi connectivity index (χ3v) is 10.4. The van der Waals surface area contributed by atoms with Crippen LogP contribution in [0.5, 0.6) is 0 Å². The van der Waals surface area contributed by atoms with Gasteiger partial charge in [-0.3, -0.25) is 14.4 Å². The molecule has 6 atom stereocenters. The Hall–Kier alpha value is -1.80. The average Bonchev–Trinajstić information content (AvgIpc) is 3.49. The number of amides is 3. The van der Waals surface area contributed by atoms with E-state index < -0.39 is 28.7 Å². The Bertz CT molecular complexity index is 844. The summed E-state index contributed by atoms with van der Waals surface area (Å²) >= 11 is 1.68. The lowest BCUT2D eigenvalue weighted by molar-refractivity contribution is -0.147. The summed E-state index contributed by atoms with van der Waals surface area (Å²) in [5.74, 6) is -1.20. The number of likely N-dealkylation sites (N-methyl/N-ethyl adjacent to an activating group) is 1. The smallest absolute Gasteiger partial charge is 0.247 e. The van der Waals surface area contributed by atoms with Gasteiger partial charge in [0.05, 0.1) is 29.2 Å². The van der Waals surface area contributed by atoms with Crippen LogP contribution in [0.3, 0.4) is 0 Å². The molecule has 0 aromatic carbocycles. The maximum atomic E-state index is 14.3. The first kappa shape index (κ1) is 25.3. The largest absolute Gasteiger partial charge is 0.394 e. The van der Waals surface area contributed by atoms with Gasteiger partial charge in [0.15, 0.2) is 0 Å². The number of aliphatic hydroxyl groups excluding tert-OH is 1. The van der Waals surface area contributed by atoms with E-state index in [9.17, 15) is 19.5 Å². The molecule has 1 N–H and O–H groups in total. The van der Waals surface area contributed by atoms with E-state index in [4.69, 9.17) is 0 Å². The standard InChI is InChI=1S/C26H39N3O4S/c1-5-14-27(4)23(31)20-19-12-13-26(34-19)21(20)24(32)29(17(3)16-30)22(26)25(33)28(15-6-2)18-10-8-7-9-11-18/h5-6,17-22,30H,1-2,7-16H2,3-4H3/t17-,19-,20+,21+,22?,26?/m1/s1. The molecule has 2 bridgehead atoms. The van der Waals surface area contributed by atoms with Gasteiger partial charge in [0.2, 0.25) is 17.7 Å². The molecule has 3 saturated heterocycles. The van der Waals surface area contributed by atoms with E-state index in [0.717, 1.165) is 38.5 Å². The van der Waals surface area contributed by atoms with Crippen LogP contribution in [0.1, 0.15) is 51.9 Å². The van der Waals surface area contributed by atoms with E-state index in [1.54, 1.807) is 47.7 Å². The van der Waals surface area contributed by atoms with E-state index in [-0.39, 0.29) is 35.6 Å². The number of fused-ring (bicyclic) bond motifs is 1.